The molecule has 1 aromatic carbocycles. The van der Waals surface area contributed by atoms with Gasteiger partial charge in [0.2, 0.25) is 5.91 Å². The molecule has 5 heteroatoms. The summed E-state index contributed by atoms with van der Waals surface area (Å²) in [5.74, 6) is 2.17. The van der Waals surface area contributed by atoms with E-state index >= 15 is 0 Å². The van der Waals surface area contributed by atoms with Gasteiger partial charge in [0.25, 0.3) is 5.91 Å². The number of benzene rings is 1. The molecular weight excluding hydrogens is 260 g/mol. The lowest BCUT2D eigenvalue weighted by atomic mass is 10.00. The monoisotopic (exact) mass is 276 g/mol. The van der Waals surface area contributed by atoms with Crippen molar-refractivity contribution in [2.75, 3.05) is 16.8 Å². The van der Waals surface area contributed by atoms with Gasteiger partial charge in [0.15, 0.2) is 0 Å². The fraction of sp³-hybridized carbons (Fsp3) is 0.429. The van der Waals surface area contributed by atoms with Gasteiger partial charge in [0.1, 0.15) is 0 Å². The van der Waals surface area contributed by atoms with Crippen molar-refractivity contribution in [3.8, 4) is 0 Å². The van der Waals surface area contributed by atoms with Gasteiger partial charge in [-0.15, -0.1) is 0 Å². The van der Waals surface area contributed by atoms with E-state index in [9.17, 15) is 9.59 Å². The minimum Gasteiger partial charge on any atom is -0.348 e. The Hall–Kier alpha value is -1.49. The van der Waals surface area contributed by atoms with E-state index < -0.39 is 0 Å². The van der Waals surface area contributed by atoms with Gasteiger partial charge >= 0.3 is 0 Å². The van der Waals surface area contributed by atoms with Gasteiger partial charge in [-0.1, -0.05) is 0 Å². The van der Waals surface area contributed by atoms with Crippen LogP contribution in [-0.2, 0) is 11.2 Å². The van der Waals surface area contributed by atoms with Crippen LogP contribution in [0.5, 0.6) is 0 Å². The number of aryl methyl sites for hydroxylation is 1. The second-order valence-corrected chi connectivity index (χ2v) is 6.10. The number of nitrogens with one attached hydrogen (secondary N) is 2. The number of hydrogen-bond acceptors (Lipinski definition) is 3. The first kappa shape index (κ1) is 12.5. The number of carbonyl (C=O) groups excluding carboxylic acids is 2. The number of carbonyl (C=O) groups is 2. The van der Waals surface area contributed by atoms with E-state index in [0.29, 0.717) is 24.4 Å². The summed E-state index contributed by atoms with van der Waals surface area (Å²) in [6, 6.07) is 5.80. The van der Waals surface area contributed by atoms with Gasteiger partial charge in [0, 0.05) is 29.5 Å². The Morgan fingerprint density at radius 2 is 2.26 bits per heavy atom. The van der Waals surface area contributed by atoms with E-state index in [1.165, 1.54) is 0 Å². The molecule has 2 aliphatic rings. The number of hydrogen-bond donors (Lipinski definition) is 2. The highest BCUT2D eigenvalue weighted by atomic mass is 32.2. The van der Waals surface area contributed by atoms with Gasteiger partial charge in [-0.25, -0.2) is 0 Å². The summed E-state index contributed by atoms with van der Waals surface area (Å²) in [5.41, 5.74) is 2.57. The molecule has 0 aliphatic carbocycles. The minimum atomic E-state index is -0.00722. The van der Waals surface area contributed by atoms with Crippen LogP contribution in [0.15, 0.2) is 18.2 Å². The predicted molar refractivity (Wildman–Crippen MR) is 76.6 cm³/mol. The quantitative estimate of drug-likeness (QED) is 0.866. The normalized spacial score (nSPS) is 21.7. The van der Waals surface area contributed by atoms with Gasteiger partial charge in [-0.2, -0.15) is 11.8 Å². The molecule has 0 aromatic heterocycles. The number of rotatable bonds is 2. The molecule has 1 fully saturated rings. The molecule has 0 bridgehead atoms. The highest BCUT2D eigenvalue weighted by Gasteiger charge is 2.20. The molecule has 2 amide bonds. The van der Waals surface area contributed by atoms with Crippen molar-refractivity contribution < 1.29 is 9.59 Å². The molecule has 19 heavy (non-hydrogen) atoms. The molecule has 4 nitrogen and oxygen atoms in total. The lowest BCUT2D eigenvalue weighted by Gasteiger charge is -2.18. The zero-order valence-corrected chi connectivity index (χ0v) is 11.4. The molecule has 100 valence electrons. The Bertz CT molecular complexity index is 524. The first-order valence-corrected chi connectivity index (χ1v) is 7.69. The lowest BCUT2D eigenvalue weighted by molar-refractivity contribution is -0.116. The van der Waals surface area contributed by atoms with Gasteiger partial charge < -0.3 is 10.6 Å². The number of fused-ring (bicyclic) bond motifs is 1. The van der Waals surface area contributed by atoms with Crippen LogP contribution >= 0.6 is 11.8 Å². The van der Waals surface area contributed by atoms with E-state index in [0.717, 1.165) is 29.2 Å². The molecule has 3 rings (SSSR count). The zero-order chi connectivity index (χ0) is 13.2. The molecule has 1 saturated heterocycles. The van der Waals surface area contributed by atoms with Gasteiger partial charge in [0.05, 0.1) is 0 Å². The van der Waals surface area contributed by atoms with Crippen molar-refractivity contribution >= 4 is 29.3 Å². The van der Waals surface area contributed by atoms with Crippen LogP contribution in [0.25, 0.3) is 0 Å². The van der Waals surface area contributed by atoms with Crippen molar-refractivity contribution in [2.45, 2.75) is 25.3 Å². The summed E-state index contributed by atoms with van der Waals surface area (Å²) >= 11 is 1.88. The summed E-state index contributed by atoms with van der Waals surface area (Å²) in [4.78, 5) is 23.4. The van der Waals surface area contributed by atoms with Crippen LogP contribution in [0.2, 0.25) is 0 Å². The van der Waals surface area contributed by atoms with Crippen molar-refractivity contribution in [3.05, 3.63) is 29.3 Å². The van der Waals surface area contributed by atoms with Crippen molar-refractivity contribution in [3.63, 3.8) is 0 Å². The average Bonchev–Trinajstić information content (AvgIpc) is 2.91. The topological polar surface area (TPSA) is 58.2 Å². The highest BCUT2D eigenvalue weighted by molar-refractivity contribution is 7.99. The summed E-state index contributed by atoms with van der Waals surface area (Å²) in [6.45, 7) is 0. The average molecular weight is 276 g/mol. The lowest BCUT2D eigenvalue weighted by Crippen LogP contribution is -2.34. The van der Waals surface area contributed by atoms with Crippen LogP contribution in [0, 0.1) is 0 Å². The molecule has 0 saturated carbocycles. The Balaban J connectivity index is 1.74. The Morgan fingerprint density at radius 1 is 1.37 bits per heavy atom. The van der Waals surface area contributed by atoms with E-state index in [1.54, 1.807) is 6.07 Å². The third-order valence-electron chi connectivity index (χ3n) is 3.53. The summed E-state index contributed by atoms with van der Waals surface area (Å²) in [6.07, 6.45) is 2.26. The van der Waals surface area contributed by atoms with Crippen LogP contribution < -0.4 is 10.6 Å². The van der Waals surface area contributed by atoms with E-state index in [4.69, 9.17) is 0 Å². The molecule has 0 spiro atoms. The van der Waals surface area contributed by atoms with Crippen LogP contribution in [0.4, 0.5) is 5.69 Å². The zero-order valence-electron chi connectivity index (χ0n) is 10.6. The summed E-state index contributed by atoms with van der Waals surface area (Å²) in [7, 11) is 0. The first-order valence-electron chi connectivity index (χ1n) is 6.54. The highest BCUT2D eigenvalue weighted by Crippen LogP contribution is 2.24. The SMILES string of the molecule is O=C1CCc2cc(C(=O)NC3CCSC3)ccc2N1. The minimum absolute atomic E-state index is 0.00722. The fourth-order valence-corrected chi connectivity index (χ4v) is 3.59. The number of anilines is 1. The second-order valence-electron chi connectivity index (χ2n) is 4.95. The molecule has 2 aliphatic heterocycles. The third kappa shape index (κ3) is 2.76. The fourth-order valence-electron chi connectivity index (χ4n) is 2.44. The Morgan fingerprint density at radius 3 is 3.05 bits per heavy atom. The van der Waals surface area contributed by atoms with Crippen molar-refractivity contribution in [1.29, 1.82) is 0 Å². The van der Waals surface area contributed by atoms with Gasteiger partial charge in [-0.05, 0) is 42.4 Å². The van der Waals surface area contributed by atoms with Gasteiger partial charge in [-0.3, -0.25) is 9.59 Å². The molecule has 1 unspecified atom stereocenters. The largest absolute Gasteiger partial charge is 0.348 e. The number of thioether (sulfide) groups is 1. The molecule has 2 heterocycles. The van der Waals surface area contributed by atoms with E-state index in [2.05, 4.69) is 10.6 Å². The standard InChI is InChI=1S/C14H16N2O2S/c17-13-4-2-9-7-10(1-3-12(9)16-13)14(18)15-11-5-6-19-8-11/h1,3,7,11H,2,4-6,8H2,(H,15,18)(H,16,17). The summed E-state index contributed by atoms with van der Waals surface area (Å²) < 4.78 is 0. The number of amides is 2. The maximum absolute atomic E-state index is 12.1. The molecule has 1 aromatic rings. The Kier molecular flexibility index (Phi) is 3.46. The first-order chi connectivity index (χ1) is 9.22. The maximum atomic E-state index is 12.1. The summed E-state index contributed by atoms with van der Waals surface area (Å²) in [5, 5.41) is 5.89. The van der Waals surface area contributed by atoms with Crippen LogP contribution in [0.1, 0.15) is 28.8 Å². The molecule has 2 N–H and O–H groups in total. The Labute approximate surface area is 116 Å². The smallest absolute Gasteiger partial charge is 0.251 e. The molecular formula is C14H16N2O2S. The van der Waals surface area contributed by atoms with Crippen molar-refractivity contribution in [2.24, 2.45) is 0 Å². The van der Waals surface area contributed by atoms with E-state index in [1.807, 2.05) is 23.9 Å². The van der Waals surface area contributed by atoms with Crippen molar-refractivity contribution in [1.82, 2.24) is 5.32 Å². The second kappa shape index (κ2) is 5.25. The van der Waals surface area contributed by atoms with Crippen LogP contribution in [-0.4, -0.2) is 29.4 Å². The predicted octanol–water partition coefficient (Wildman–Crippen LogP) is 1.81. The van der Waals surface area contributed by atoms with E-state index in [-0.39, 0.29) is 11.8 Å². The third-order valence-corrected chi connectivity index (χ3v) is 4.69. The maximum Gasteiger partial charge on any atom is 0.251 e. The van der Waals surface area contributed by atoms with Crippen LogP contribution in [0.3, 0.4) is 0 Å². The molecule has 1 atom stereocenters. The molecule has 0 radical (unpaired) electrons.